The molecule has 19 heavy (non-hydrogen) atoms. The molecule has 1 heterocycles. The summed E-state index contributed by atoms with van der Waals surface area (Å²) in [6, 6.07) is -0.544. The molecule has 1 aliphatic heterocycles. The molecule has 2 atom stereocenters. The maximum Gasteiger partial charge on any atom is 0.246 e. The second-order valence-corrected chi connectivity index (χ2v) is 6.57. The Balaban J connectivity index is 1.84. The molecule has 2 unspecified atom stereocenters. The molecular weight excluding hydrogens is 260 g/mol. The molecule has 108 valence electrons. The van der Waals surface area contributed by atoms with E-state index in [1.807, 2.05) is 18.7 Å². The number of hydrogen-bond acceptors (Lipinski definition) is 3. The van der Waals surface area contributed by atoms with Crippen LogP contribution < -0.4 is 5.32 Å². The average Bonchev–Trinajstić information content (AvgIpc) is 3.21. The van der Waals surface area contributed by atoms with Crippen molar-refractivity contribution in [3.63, 3.8) is 0 Å². The Hall–Kier alpha value is -0.710. The molecular formula is C14H24N2O2S. The fourth-order valence-electron chi connectivity index (χ4n) is 2.60. The Morgan fingerprint density at radius 3 is 2.63 bits per heavy atom. The van der Waals surface area contributed by atoms with Crippen molar-refractivity contribution in [1.82, 2.24) is 10.2 Å². The van der Waals surface area contributed by atoms with Gasteiger partial charge in [0.1, 0.15) is 12.1 Å². The first kappa shape index (κ1) is 14.7. The van der Waals surface area contributed by atoms with E-state index in [2.05, 4.69) is 11.6 Å². The normalized spacial score (nSPS) is 27.6. The van der Waals surface area contributed by atoms with Crippen LogP contribution in [-0.2, 0) is 9.59 Å². The number of hydrogen-bond donors (Lipinski definition) is 1. The first-order chi connectivity index (χ1) is 9.15. The van der Waals surface area contributed by atoms with Crippen molar-refractivity contribution in [2.75, 3.05) is 18.6 Å². The van der Waals surface area contributed by atoms with Crippen molar-refractivity contribution in [1.29, 1.82) is 0 Å². The SMILES string of the molecule is CSCCCCCN1C(=O)C(C2CC2)NC(=O)C1C. The number of unbranched alkanes of at least 4 members (excludes halogenated alkanes) is 2. The first-order valence-electron chi connectivity index (χ1n) is 7.25. The van der Waals surface area contributed by atoms with Crippen LogP contribution in [0.15, 0.2) is 0 Å². The van der Waals surface area contributed by atoms with Gasteiger partial charge in [0.25, 0.3) is 0 Å². The molecule has 1 saturated heterocycles. The fourth-order valence-corrected chi connectivity index (χ4v) is 3.10. The zero-order valence-electron chi connectivity index (χ0n) is 11.9. The van der Waals surface area contributed by atoms with Crippen LogP contribution in [0.3, 0.4) is 0 Å². The van der Waals surface area contributed by atoms with E-state index in [0.717, 1.165) is 32.2 Å². The summed E-state index contributed by atoms with van der Waals surface area (Å²) in [6.07, 6.45) is 7.59. The maximum absolute atomic E-state index is 12.4. The molecule has 5 heteroatoms. The summed E-state index contributed by atoms with van der Waals surface area (Å²) in [5.74, 6) is 1.72. The number of rotatable bonds is 7. The van der Waals surface area contributed by atoms with Crippen molar-refractivity contribution in [3.8, 4) is 0 Å². The predicted molar refractivity (Wildman–Crippen MR) is 78.1 cm³/mol. The molecule has 0 aromatic rings. The van der Waals surface area contributed by atoms with Gasteiger partial charge in [0, 0.05) is 6.54 Å². The van der Waals surface area contributed by atoms with Crippen molar-refractivity contribution in [3.05, 3.63) is 0 Å². The van der Waals surface area contributed by atoms with Crippen LogP contribution in [0.25, 0.3) is 0 Å². The summed E-state index contributed by atoms with van der Waals surface area (Å²) >= 11 is 1.86. The number of thioether (sulfide) groups is 1. The third-order valence-corrected chi connectivity index (χ3v) is 4.73. The van der Waals surface area contributed by atoms with Gasteiger partial charge in [0.05, 0.1) is 0 Å². The minimum atomic E-state index is -0.303. The predicted octanol–water partition coefficient (Wildman–Crippen LogP) is 1.65. The van der Waals surface area contributed by atoms with E-state index in [1.54, 1.807) is 4.90 Å². The summed E-state index contributed by atoms with van der Waals surface area (Å²) in [5, 5.41) is 2.89. The summed E-state index contributed by atoms with van der Waals surface area (Å²) in [4.78, 5) is 26.1. The van der Waals surface area contributed by atoms with Crippen LogP contribution in [0, 0.1) is 5.92 Å². The molecule has 2 fully saturated rings. The van der Waals surface area contributed by atoms with E-state index in [9.17, 15) is 9.59 Å². The van der Waals surface area contributed by atoms with Crippen LogP contribution in [0.5, 0.6) is 0 Å². The highest BCUT2D eigenvalue weighted by Gasteiger charge is 2.45. The van der Waals surface area contributed by atoms with Crippen molar-refractivity contribution in [2.24, 2.45) is 5.92 Å². The number of carbonyl (C=O) groups is 2. The van der Waals surface area contributed by atoms with Crippen LogP contribution >= 0.6 is 11.8 Å². The van der Waals surface area contributed by atoms with Crippen LogP contribution in [-0.4, -0.2) is 47.4 Å². The van der Waals surface area contributed by atoms with E-state index >= 15 is 0 Å². The lowest BCUT2D eigenvalue weighted by Gasteiger charge is -2.37. The van der Waals surface area contributed by atoms with E-state index in [-0.39, 0.29) is 23.9 Å². The third-order valence-electron chi connectivity index (χ3n) is 4.03. The molecule has 0 aromatic carbocycles. The summed E-state index contributed by atoms with van der Waals surface area (Å²) < 4.78 is 0. The Morgan fingerprint density at radius 2 is 2.00 bits per heavy atom. The minimum Gasteiger partial charge on any atom is -0.342 e. The lowest BCUT2D eigenvalue weighted by molar-refractivity contribution is -0.149. The van der Waals surface area contributed by atoms with E-state index < -0.39 is 0 Å². The molecule has 2 rings (SSSR count). The smallest absolute Gasteiger partial charge is 0.246 e. The Bertz CT molecular complexity index is 344. The second kappa shape index (κ2) is 6.64. The van der Waals surface area contributed by atoms with Gasteiger partial charge in [-0.2, -0.15) is 11.8 Å². The Morgan fingerprint density at radius 1 is 1.26 bits per heavy atom. The molecule has 2 amide bonds. The lowest BCUT2D eigenvalue weighted by atomic mass is 10.0. The first-order valence-corrected chi connectivity index (χ1v) is 8.64. The molecule has 0 bridgehead atoms. The van der Waals surface area contributed by atoms with Gasteiger partial charge in [-0.25, -0.2) is 0 Å². The summed E-state index contributed by atoms with van der Waals surface area (Å²) in [5.41, 5.74) is 0. The van der Waals surface area contributed by atoms with Gasteiger partial charge in [0.15, 0.2) is 0 Å². The van der Waals surface area contributed by atoms with Gasteiger partial charge in [-0.15, -0.1) is 0 Å². The van der Waals surface area contributed by atoms with Gasteiger partial charge in [0.2, 0.25) is 11.8 Å². The lowest BCUT2D eigenvalue weighted by Crippen LogP contribution is -2.63. The van der Waals surface area contributed by atoms with Gasteiger partial charge in [-0.05, 0) is 50.5 Å². The number of nitrogens with zero attached hydrogens (tertiary/aromatic N) is 1. The molecule has 0 spiro atoms. The number of piperazine rings is 1. The maximum atomic E-state index is 12.4. The molecule has 1 N–H and O–H groups in total. The number of nitrogens with one attached hydrogen (secondary N) is 1. The summed E-state index contributed by atoms with van der Waals surface area (Å²) in [6.45, 7) is 2.56. The molecule has 0 radical (unpaired) electrons. The van der Waals surface area contributed by atoms with E-state index in [1.165, 1.54) is 12.2 Å². The van der Waals surface area contributed by atoms with Crippen LogP contribution in [0.1, 0.15) is 39.0 Å². The Labute approximate surface area is 119 Å². The minimum absolute atomic E-state index is 0.0145. The Kier molecular flexibility index (Phi) is 5.13. The second-order valence-electron chi connectivity index (χ2n) is 5.58. The zero-order chi connectivity index (χ0) is 13.8. The highest BCUT2D eigenvalue weighted by atomic mass is 32.2. The van der Waals surface area contributed by atoms with Crippen molar-refractivity contribution in [2.45, 2.75) is 51.1 Å². The molecule has 4 nitrogen and oxygen atoms in total. The molecule has 2 aliphatic rings. The topological polar surface area (TPSA) is 49.4 Å². The quantitative estimate of drug-likeness (QED) is 0.723. The monoisotopic (exact) mass is 284 g/mol. The van der Waals surface area contributed by atoms with Crippen molar-refractivity contribution < 1.29 is 9.59 Å². The van der Waals surface area contributed by atoms with E-state index in [0.29, 0.717) is 5.92 Å². The highest BCUT2D eigenvalue weighted by Crippen LogP contribution is 2.35. The number of carbonyl (C=O) groups excluding carboxylic acids is 2. The summed E-state index contributed by atoms with van der Waals surface area (Å²) in [7, 11) is 0. The van der Waals surface area contributed by atoms with Gasteiger partial charge in [-0.1, -0.05) is 6.42 Å². The van der Waals surface area contributed by atoms with E-state index in [4.69, 9.17) is 0 Å². The fraction of sp³-hybridized carbons (Fsp3) is 0.857. The largest absolute Gasteiger partial charge is 0.342 e. The molecule has 0 aromatic heterocycles. The molecule has 1 saturated carbocycles. The molecule has 1 aliphatic carbocycles. The average molecular weight is 284 g/mol. The van der Waals surface area contributed by atoms with Gasteiger partial charge < -0.3 is 10.2 Å². The third kappa shape index (κ3) is 3.65. The van der Waals surface area contributed by atoms with Crippen LogP contribution in [0.2, 0.25) is 0 Å². The van der Waals surface area contributed by atoms with Crippen molar-refractivity contribution >= 4 is 23.6 Å². The highest BCUT2D eigenvalue weighted by molar-refractivity contribution is 7.98. The van der Waals surface area contributed by atoms with Crippen LogP contribution in [0.4, 0.5) is 0 Å². The zero-order valence-corrected chi connectivity index (χ0v) is 12.7. The van der Waals surface area contributed by atoms with Gasteiger partial charge in [-0.3, -0.25) is 9.59 Å². The standard InChI is InChI=1S/C14H24N2O2S/c1-10-13(17)15-12(11-6-7-11)14(18)16(10)8-4-3-5-9-19-2/h10-12H,3-9H2,1-2H3,(H,15,17). The van der Waals surface area contributed by atoms with Gasteiger partial charge >= 0.3 is 0 Å². The number of amides is 2.